The van der Waals surface area contributed by atoms with E-state index in [0.717, 1.165) is 80.1 Å². The van der Waals surface area contributed by atoms with E-state index in [2.05, 4.69) is 35.6 Å². The number of nitrogens with one attached hydrogen (secondary N) is 3. The lowest BCUT2D eigenvalue weighted by molar-refractivity contribution is -0.136. The molecule has 6 heterocycles. The highest BCUT2D eigenvalue weighted by Gasteiger charge is 2.54. The van der Waals surface area contributed by atoms with Crippen LogP contribution in [-0.2, 0) is 14.4 Å². The van der Waals surface area contributed by atoms with Gasteiger partial charge in [0.2, 0.25) is 17.8 Å². The Morgan fingerprint density at radius 1 is 1.00 bits per heavy atom. The SMILES string of the molecule is CNC(=O)COc1cc2cc(Nc3nc(N4CCN(CC5CC6(C5)CN(c5cccc7c5C(=O)N(C5CCC(=O)NC5=O)C7=O)C6)CC4)ncc3Cl)ccc2n(C(C)C)c1=O. The number of hydrogen-bond donors (Lipinski definition) is 3. The van der Waals surface area contributed by atoms with Gasteiger partial charge in [-0.3, -0.25) is 43.9 Å². The first-order valence-electron chi connectivity index (χ1n) is 20.7. The molecule has 3 N–H and O–H groups in total. The molecule has 4 fully saturated rings. The Morgan fingerprint density at radius 2 is 1.77 bits per heavy atom. The molecule has 5 amide bonds. The minimum atomic E-state index is -0.987. The van der Waals surface area contributed by atoms with Crippen LogP contribution in [0.5, 0.6) is 5.75 Å². The second-order valence-corrected chi connectivity index (χ2v) is 17.5. The number of ether oxygens (including phenoxy) is 1. The fourth-order valence-electron chi connectivity index (χ4n) is 9.71. The first-order chi connectivity index (χ1) is 29.3. The van der Waals surface area contributed by atoms with E-state index in [1.807, 2.05) is 38.1 Å². The normalized spacial score (nSPS) is 20.2. The molecule has 1 aliphatic carbocycles. The number of likely N-dealkylation sites (N-methyl/N-ethyl adjacent to an activating group) is 1. The van der Waals surface area contributed by atoms with Gasteiger partial charge in [0.25, 0.3) is 23.3 Å². The van der Waals surface area contributed by atoms with Crippen molar-refractivity contribution < 1.29 is 28.7 Å². The van der Waals surface area contributed by atoms with Crippen molar-refractivity contribution in [1.82, 2.24) is 35.0 Å². The third-order valence-corrected chi connectivity index (χ3v) is 12.9. The highest BCUT2D eigenvalue weighted by molar-refractivity contribution is 6.33. The van der Waals surface area contributed by atoms with Gasteiger partial charge in [0.05, 0.1) is 28.5 Å². The predicted octanol–water partition coefficient (Wildman–Crippen LogP) is 3.33. The van der Waals surface area contributed by atoms with Crippen LogP contribution in [0, 0.1) is 11.3 Å². The van der Waals surface area contributed by atoms with Crippen molar-refractivity contribution in [2.24, 2.45) is 11.3 Å². The zero-order chi connectivity index (χ0) is 42.7. The van der Waals surface area contributed by atoms with Crippen LogP contribution in [0.15, 0.2) is 53.5 Å². The van der Waals surface area contributed by atoms with E-state index in [4.69, 9.17) is 21.3 Å². The number of aromatic nitrogens is 3. The minimum Gasteiger partial charge on any atom is -0.478 e. The van der Waals surface area contributed by atoms with Crippen molar-refractivity contribution in [2.45, 2.75) is 51.6 Å². The average molecular weight is 851 g/mol. The molecule has 318 valence electrons. The maximum Gasteiger partial charge on any atom is 0.293 e. The summed E-state index contributed by atoms with van der Waals surface area (Å²) < 4.78 is 7.25. The molecule has 4 aromatic rings. The number of piperazine rings is 1. The molecule has 1 spiro atoms. The Bertz CT molecular complexity index is 2540. The number of carbonyl (C=O) groups excluding carboxylic acids is 5. The number of benzene rings is 2. The maximum atomic E-state index is 13.6. The van der Waals surface area contributed by atoms with Crippen molar-refractivity contribution in [1.29, 1.82) is 0 Å². The molecule has 61 heavy (non-hydrogen) atoms. The van der Waals surface area contributed by atoms with E-state index in [1.165, 1.54) is 7.05 Å². The number of rotatable bonds is 11. The fraction of sp³-hybridized carbons (Fsp3) is 0.442. The molecule has 9 rings (SSSR count). The standard InChI is InChI=1S/C43H47ClN10O7/c1-24(2)53-30-8-7-27(15-26(30)16-33(40(53)59)61-21-35(56)45-3)47-37-29(44)19-46-42(49-37)51-13-11-50(12-14-51)20-25-17-43(18-25)22-52(23-43)31-6-4-5-28-36(31)41(60)54(39(28)58)32-9-10-34(55)48-38(32)57/h4-8,15-16,19,24-25,32H,9-14,17-18,20-23H2,1-3H3,(H,45,56)(H,46,47,49)(H,48,55,57). The van der Waals surface area contributed by atoms with Gasteiger partial charge in [0.15, 0.2) is 18.2 Å². The first-order valence-corrected chi connectivity index (χ1v) is 21.1. The number of piperidine rings is 1. The van der Waals surface area contributed by atoms with Gasteiger partial charge in [-0.2, -0.15) is 4.98 Å². The summed E-state index contributed by atoms with van der Waals surface area (Å²) in [7, 11) is 1.51. The molecule has 4 aliphatic heterocycles. The van der Waals surface area contributed by atoms with Crippen molar-refractivity contribution in [3.05, 3.63) is 75.2 Å². The van der Waals surface area contributed by atoms with E-state index >= 15 is 0 Å². The van der Waals surface area contributed by atoms with Gasteiger partial charge in [-0.05, 0) is 75.4 Å². The third-order valence-electron chi connectivity index (χ3n) is 12.6. The zero-order valence-electron chi connectivity index (χ0n) is 34.2. The number of hydrogen-bond acceptors (Lipinski definition) is 13. The Labute approximate surface area is 356 Å². The smallest absolute Gasteiger partial charge is 0.293 e. The summed E-state index contributed by atoms with van der Waals surface area (Å²) in [6.07, 6.45) is 4.00. The Balaban J connectivity index is 0.786. The molecule has 1 atom stereocenters. The van der Waals surface area contributed by atoms with Crippen LogP contribution >= 0.6 is 11.6 Å². The van der Waals surface area contributed by atoms with Crippen LogP contribution in [0.25, 0.3) is 10.9 Å². The number of anilines is 4. The van der Waals surface area contributed by atoms with Crippen LogP contribution in [0.1, 0.15) is 66.3 Å². The number of imide groups is 2. The van der Waals surface area contributed by atoms with Crippen molar-refractivity contribution in [2.75, 3.05) is 74.6 Å². The largest absolute Gasteiger partial charge is 0.478 e. The number of nitrogens with zero attached hydrogens (tertiary/aromatic N) is 7. The molecule has 0 radical (unpaired) electrons. The minimum absolute atomic E-state index is 0.0842. The van der Waals surface area contributed by atoms with Gasteiger partial charge in [0.1, 0.15) is 11.1 Å². The third kappa shape index (κ3) is 7.43. The molecule has 17 nitrogen and oxygen atoms in total. The molecule has 3 saturated heterocycles. The molecule has 5 aliphatic rings. The lowest BCUT2D eigenvalue weighted by Crippen LogP contribution is -2.64. The predicted molar refractivity (Wildman–Crippen MR) is 228 cm³/mol. The molecule has 0 bridgehead atoms. The van der Waals surface area contributed by atoms with Gasteiger partial charge < -0.3 is 29.7 Å². The fourth-order valence-corrected chi connectivity index (χ4v) is 9.85. The number of amides is 5. The van der Waals surface area contributed by atoms with Crippen LogP contribution < -0.4 is 36.0 Å². The summed E-state index contributed by atoms with van der Waals surface area (Å²) in [6.45, 7) is 9.44. The summed E-state index contributed by atoms with van der Waals surface area (Å²) in [4.78, 5) is 93.5. The lowest BCUT2D eigenvalue weighted by Gasteiger charge is -2.61. The maximum absolute atomic E-state index is 13.6. The Kier molecular flexibility index (Phi) is 10.4. The van der Waals surface area contributed by atoms with Gasteiger partial charge in [-0.25, -0.2) is 4.98 Å². The highest BCUT2D eigenvalue weighted by Crippen LogP contribution is 2.54. The zero-order valence-corrected chi connectivity index (χ0v) is 35.0. The second kappa shape index (κ2) is 15.8. The molecule has 2 aromatic heterocycles. The summed E-state index contributed by atoms with van der Waals surface area (Å²) >= 11 is 6.59. The van der Waals surface area contributed by atoms with Crippen LogP contribution in [-0.4, -0.2) is 119 Å². The second-order valence-electron chi connectivity index (χ2n) is 17.1. The van der Waals surface area contributed by atoms with Crippen LogP contribution in [0.4, 0.5) is 23.1 Å². The van der Waals surface area contributed by atoms with Crippen molar-refractivity contribution >= 4 is 75.2 Å². The number of fused-ring (bicyclic) bond motifs is 2. The number of halogens is 1. The lowest BCUT2D eigenvalue weighted by atomic mass is 9.57. The molecule has 1 saturated carbocycles. The average Bonchev–Trinajstić information content (AvgIpc) is 3.47. The van der Waals surface area contributed by atoms with E-state index < -0.39 is 29.7 Å². The summed E-state index contributed by atoms with van der Waals surface area (Å²) in [6, 6.07) is 11.4. The van der Waals surface area contributed by atoms with Crippen molar-refractivity contribution in [3.8, 4) is 5.75 Å². The monoisotopic (exact) mass is 850 g/mol. The van der Waals surface area contributed by atoms with Crippen LogP contribution in [0.2, 0.25) is 5.02 Å². The highest BCUT2D eigenvalue weighted by atomic mass is 35.5. The summed E-state index contributed by atoms with van der Waals surface area (Å²) in [5.74, 6) is -0.612. The molecule has 2 aromatic carbocycles. The van der Waals surface area contributed by atoms with E-state index in [0.29, 0.717) is 39.5 Å². The molecular formula is C43H47ClN10O7. The van der Waals surface area contributed by atoms with E-state index in [9.17, 15) is 28.8 Å². The van der Waals surface area contributed by atoms with Crippen molar-refractivity contribution in [3.63, 3.8) is 0 Å². The molecule has 18 heteroatoms. The van der Waals surface area contributed by atoms with E-state index in [1.54, 1.807) is 29.0 Å². The quantitative estimate of drug-likeness (QED) is 0.187. The molecule has 1 unspecified atom stereocenters. The van der Waals surface area contributed by atoms with Gasteiger partial charge in [0, 0.05) is 81.8 Å². The number of pyridine rings is 1. The molecular weight excluding hydrogens is 804 g/mol. The topological polar surface area (TPSA) is 191 Å². The first kappa shape index (κ1) is 40.3. The van der Waals surface area contributed by atoms with Gasteiger partial charge >= 0.3 is 0 Å². The Morgan fingerprint density at radius 3 is 2.49 bits per heavy atom. The van der Waals surface area contributed by atoms with Gasteiger partial charge in [-0.1, -0.05) is 17.7 Å². The van der Waals surface area contributed by atoms with E-state index in [-0.39, 0.29) is 48.1 Å². The number of carbonyl (C=O) groups is 5. The van der Waals surface area contributed by atoms with Gasteiger partial charge in [-0.15, -0.1) is 0 Å². The summed E-state index contributed by atoms with van der Waals surface area (Å²) in [5.41, 5.74) is 2.69. The van der Waals surface area contributed by atoms with Crippen LogP contribution in [0.3, 0.4) is 0 Å². The Hall–Kier alpha value is -6.07. The summed E-state index contributed by atoms with van der Waals surface area (Å²) in [5, 5.41) is 9.20.